The minimum atomic E-state index is -0.159. The summed E-state index contributed by atoms with van der Waals surface area (Å²) in [5, 5.41) is 16.6. The van der Waals surface area contributed by atoms with Crippen molar-refractivity contribution >= 4 is 22.9 Å². The van der Waals surface area contributed by atoms with Crippen molar-refractivity contribution in [2.45, 2.75) is 43.9 Å². The fourth-order valence-electron chi connectivity index (χ4n) is 5.16. The first-order valence-corrected chi connectivity index (χ1v) is 11.8. The molecule has 1 saturated carbocycles. The van der Waals surface area contributed by atoms with Crippen LogP contribution in [0.2, 0.25) is 0 Å². The number of carbonyl (C=O) groups excluding carboxylic acids is 1. The van der Waals surface area contributed by atoms with Crippen LogP contribution >= 0.6 is 0 Å². The maximum atomic E-state index is 12.9. The van der Waals surface area contributed by atoms with Crippen LogP contribution in [-0.2, 0) is 10.2 Å². The van der Waals surface area contributed by atoms with Crippen LogP contribution in [0.25, 0.3) is 11.2 Å². The molecule has 0 aromatic carbocycles. The maximum absolute atomic E-state index is 12.9. The number of hydrogen-bond acceptors (Lipinski definition) is 7. The third kappa shape index (κ3) is 4.71. The monoisotopic (exact) mass is 471 g/mol. The molecule has 34 heavy (non-hydrogen) atoms. The molecule has 3 fully saturated rings. The van der Waals surface area contributed by atoms with Crippen LogP contribution in [0, 0.1) is 5.92 Å². The van der Waals surface area contributed by atoms with Crippen molar-refractivity contribution in [2.24, 2.45) is 5.92 Å². The van der Waals surface area contributed by atoms with Crippen molar-refractivity contribution in [2.75, 3.05) is 38.2 Å². The number of nitrogens with one attached hydrogen (secondary N) is 1. The van der Waals surface area contributed by atoms with Gasteiger partial charge in [0, 0.05) is 32.4 Å². The van der Waals surface area contributed by atoms with E-state index in [4.69, 9.17) is 15.1 Å². The van der Waals surface area contributed by atoms with E-state index >= 15 is 0 Å². The van der Waals surface area contributed by atoms with Gasteiger partial charge in [0.2, 0.25) is 5.91 Å². The minimum absolute atomic E-state index is 0. The van der Waals surface area contributed by atoms with E-state index in [9.17, 15) is 4.79 Å². The number of carbonyl (C=O) groups is 1. The molecule has 10 heteroatoms. The van der Waals surface area contributed by atoms with Gasteiger partial charge in [0.1, 0.15) is 11.6 Å². The smallest absolute Gasteiger partial charge is 0.857 e. The number of aromatic nitrogens is 5. The van der Waals surface area contributed by atoms with Crippen LogP contribution in [0.1, 0.15) is 50.0 Å². The van der Waals surface area contributed by atoms with Gasteiger partial charge in [-0.3, -0.25) is 4.79 Å². The van der Waals surface area contributed by atoms with Crippen LogP contribution in [0.5, 0.6) is 0 Å². The zero-order chi connectivity index (χ0) is 22.8. The second-order valence-corrected chi connectivity index (χ2v) is 9.13. The van der Waals surface area contributed by atoms with Crippen LogP contribution in [-0.4, -0.2) is 69.2 Å². The van der Waals surface area contributed by atoms with Gasteiger partial charge in [-0.1, -0.05) is 0 Å². The van der Waals surface area contributed by atoms with Gasteiger partial charge in [0.05, 0.1) is 22.5 Å². The Morgan fingerprint density at radius 3 is 2.59 bits per heavy atom. The Hall–Kier alpha value is -2.07. The number of amides is 1. The van der Waals surface area contributed by atoms with Gasteiger partial charge in [0.15, 0.2) is 5.65 Å². The molecule has 5 heterocycles. The Labute approximate surface area is 221 Å². The topological polar surface area (TPSA) is 114 Å². The second kappa shape index (κ2) is 10.7. The van der Waals surface area contributed by atoms with Gasteiger partial charge in [0.25, 0.3) is 0 Å². The number of fused-ring (bicyclic) bond motifs is 1. The molecule has 1 aliphatic carbocycles. The fourth-order valence-corrected chi connectivity index (χ4v) is 5.16. The van der Waals surface area contributed by atoms with Gasteiger partial charge >= 0.3 is 29.6 Å². The van der Waals surface area contributed by atoms with E-state index in [-0.39, 0.29) is 40.9 Å². The molecule has 3 aliphatic rings. The largest absolute Gasteiger partial charge is 1.00 e. The van der Waals surface area contributed by atoms with Gasteiger partial charge in [-0.25, -0.2) is 9.97 Å². The van der Waals surface area contributed by atoms with Crippen molar-refractivity contribution < 1.29 is 39.5 Å². The number of imidazole rings is 1. The summed E-state index contributed by atoms with van der Waals surface area (Å²) in [6.45, 7) is 3.52. The molecule has 0 bridgehead atoms. The summed E-state index contributed by atoms with van der Waals surface area (Å²) < 4.78 is 0. The van der Waals surface area contributed by atoms with E-state index in [0.717, 1.165) is 100 Å². The maximum Gasteiger partial charge on any atom is 1.00 e. The van der Waals surface area contributed by atoms with Gasteiger partial charge in [-0.2, -0.15) is 17.3 Å². The standard InChI is InChI=1S/C23H27N7O.CH3O.Na/c31-21(29-12-1-2-13-29)16-5-4-14-30(15-16)19-8-7-17-20(26-19)27-22(25-17)23(9-10-23)18-6-3-11-24-28-18;1-2;/h3,6-8,11,16H,1-2,4-5,9-10,12-15H2,(H,25,26,27);1H3;/q;-1;+1/t16-;;/m1../s1. The van der Waals surface area contributed by atoms with E-state index < -0.39 is 0 Å². The van der Waals surface area contributed by atoms with E-state index in [1.165, 1.54) is 0 Å². The summed E-state index contributed by atoms with van der Waals surface area (Å²) in [6, 6.07) is 8.07. The van der Waals surface area contributed by atoms with Gasteiger partial charge in [-0.15, -0.1) is 0 Å². The number of anilines is 1. The molecule has 1 N–H and O–H groups in total. The summed E-state index contributed by atoms with van der Waals surface area (Å²) in [5.74, 6) is 2.23. The Morgan fingerprint density at radius 1 is 1.09 bits per heavy atom. The molecule has 1 atom stereocenters. The van der Waals surface area contributed by atoms with Crippen LogP contribution < -0.4 is 39.6 Å². The summed E-state index contributed by atoms with van der Waals surface area (Å²) >= 11 is 0. The molecule has 1 amide bonds. The molecular formula is C24H30N7NaO2. The molecular weight excluding hydrogens is 441 g/mol. The van der Waals surface area contributed by atoms with E-state index in [2.05, 4.69) is 32.2 Å². The van der Waals surface area contributed by atoms with E-state index in [1.807, 2.05) is 17.0 Å². The SMILES string of the molecule is C[O-].O=C([C@@H]1CCCN(c2ccc3[nH]c(C4(c5cccnn5)CC4)nc3n2)C1)N1CCCC1.[Na+]. The number of H-pyrrole nitrogens is 1. The van der Waals surface area contributed by atoms with E-state index in [0.29, 0.717) is 5.91 Å². The molecule has 0 unspecified atom stereocenters. The van der Waals surface area contributed by atoms with E-state index in [1.54, 1.807) is 6.20 Å². The average molecular weight is 472 g/mol. The Kier molecular flexibility index (Phi) is 7.87. The van der Waals surface area contributed by atoms with Gasteiger partial charge < -0.3 is 19.9 Å². The Bertz CT molecular complexity index is 1110. The number of rotatable bonds is 4. The summed E-state index contributed by atoms with van der Waals surface area (Å²) in [4.78, 5) is 30.4. The third-order valence-corrected chi connectivity index (χ3v) is 7.11. The van der Waals surface area contributed by atoms with Crippen molar-refractivity contribution in [3.63, 3.8) is 0 Å². The molecule has 6 rings (SSSR count). The van der Waals surface area contributed by atoms with Crippen molar-refractivity contribution in [1.29, 1.82) is 0 Å². The third-order valence-electron chi connectivity index (χ3n) is 7.11. The van der Waals surface area contributed by atoms with Crippen molar-refractivity contribution in [1.82, 2.24) is 30.0 Å². The Balaban J connectivity index is 0.000000890. The molecule has 2 saturated heterocycles. The molecule has 3 aromatic rings. The number of pyridine rings is 1. The molecule has 9 nitrogen and oxygen atoms in total. The number of nitrogens with zero attached hydrogens (tertiary/aromatic N) is 6. The summed E-state index contributed by atoms with van der Waals surface area (Å²) in [7, 11) is 0.750. The Morgan fingerprint density at radius 2 is 1.88 bits per heavy atom. The minimum Gasteiger partial charge on any atom is -0.857 e. The molecule has 0 spiro atoms. The van der Waals surface area contributed by atoms with Crippen LogP contribution in [0.15, 0.2) is 30.5 Å². The predicted octanol–water partition coefficient (Wildman–Crippen LogP) is -1.35. The zero-order valence-electron chi connectivity index (χ0n) is 20.0. The molecule has 0 radical (unpaired) electrons. The second-order valence-electron chi connectivity index (χ2n) is 9.13. The zero-order valence-corrected chi connectivity index (χ0v) is 22.0. The quantitative estimate of drug-likeness (QED) is 0.468. The first-order chi connectivity index (χ1) is 16.2. The average Bonchev–Trinajstić information content (AvgIpc) is 3.30. The first-order valence-electron chi connectivity index (χ1n) is 11.8. The van der Waals surface area contributed by atoms with Crippen LogP contribution in [0.3, 0.4) is 0 Å². The molecule has 174 valence electrons. The molecule has 2 aliphatic heterocycles. The predicted molar refractivity (Wildman–Crippen MR) is 123 cm³/mol. The fraction of sp³-hybridized carbons (Fsp3) is 0.542. The molecule has 3 aromatic heterocycles. The summed E-state index contributed by atoms with van der Waals surface area (Å²) in [5.41, 5.74) is 2.48. The number of hydrogen-bond donors (Lipinski definition) is 1. The number of aromatic amines is 1. The number of piperidine rings is 1. The number of likely N-dealkylation sites (tertiary alicyclic amines) is 1. The van der Waals surface area contributed by atoms with Gasteiger partial charge in [-0.05, 0) is 62.8 Å². The first kappa shape index (κ1) is 25.0. The normalized spacial score (nSPS) is 20.9. The van der Waals surface area contributed by atoms with Crippen molar-refractivity contribution in [3.05, 3.63) is 42.0 Å². The summed E-state index contributed by atoms with van der Waals surface area (Å²) in [6.07, 6.45) is 8.00. The van der Waals surface area contributed by atoms with Crippen LogP contribution in [0.4, 0.5) is 5.82 Å². The van der Waals surface area contributed by atoms with Crippen molar-refractivity contribution in [3.8, 4) is 0 Å².